The molecule has 7 nitrogen and oxygen atoms in total. The molecule has 1 aromatic carbocycles. The van der Waals surface area contributed by atoms with E-state index < -0.39 is 36.8 Å². The molecule has 8 heteroatoms. The fourth-order valence-corrected chi connectivity index (χ4v) is 3.42. The Kier molecular flexibility index (Phi) is 5.97. The van der Waals surface area contributed by atoms with Gasteiger partial charge < -0.3 is 10.1 Å². The van der Waals surface area contributed by atoms with Gasteiger partial charge >= 0.3 is 5.97 Å². The van der Waals surface area contributed by atoms with E-state index in [4.69, 9.17) is 4.74 Å². The van der Waals surface area contributed by atoms with Crippen molar-refractivity contribution in [1.29, 1.82) is 0 Å². The van der Waals surface area contributed by atoms with Gasteiger partial charge in [0.2, 0.25) is 5.91 Å². The molecule has 0 saturated carbocycles. The Balaban J connectivity index is 1.44. The number of benzene rings is 1. The first kappa shape index (κ1) is 18.8. The first-order valence-electron chi connectivity index (χ1n) is 8.42. The fourth-order valence-electron chi connectivity index (χ4n) is 2.71. The van der Waals surface area contributed by atoms with Crippen LogP contribution in [-0.4, -0.2) is 48.3 Å². The first-order chi connectivity index (χ1) is 13.0. The smallest absolute Gasteiger partial charge is 0.326 e. The number of carbonyl (C=O) groups is 4. The molecule has 3 amide bonds. The number of ether oxygens (including phenoxy) is 1. The van der Waals surface area contributed by atoms with Gasteiger partial charge in [0.15, 0.2) is 6.61 Å². The van der Waals surface area contributed by atoms with Crippen molar-refractivity contribution >= 4 is 35.0 Å². The van der Waals surface area contributed by atoms with Crippen molar-refractivity contribution in [2.45, 2.75) is 12.8 Å². The molecule has 3 rings (SSSR count). The van der Waals surface area contributed by atoms with Crippen LogP contribution < -0.4 is 5.32 Å². The van der Waals surface area contributed by atoms with Gasteiger partial charge in [-0.25, -0.2) is 0 Å². The second-order valence-electron chi connectivity index (χ2n) is 5.96. The van der Waals surface area contributed by atoms with Gasteiger partial charge in [-0.1, -0.05) is 24.3 Å². The maximum absolute atomic E-state index is 12.4. The summed E-state index contributed by atoms with van der Waals surface area (Å²) in [7, 11) is 0. The molecule has 1 aliphatic heterocycles. The van der Waals surface area contributed by atoms with Crippen molar-refractivity contribution in [2.75, 3.05) is 19.7 Å². The molecule has 2 heterocycles. The Morgan fingerprint density at radius 3 is 2.74 bits per heavy atom. The topological polar surface area (TPSA) is 92.8 Å². The second-order valence-corrected chi connectivity index (χ2v) is 6.99. The highest BCUT2D eigenvalue weighted by Gasteiger charge is 2.32. The Bertz CT molecular complexity index is 863. The number of imide groups is 1. The third kappa shape index (κ3) is 4.79. The summed E-state index contributed by atoms with van der Waals surface area (Å²) in [6, 6.07) is 10.7. The normalized spacial score (nSPS) is 13.3. The molecule has 140 valence electrons. The molecule has 0 atom stereocenters. The lowest BCUT2D eigenvalue weighted by Crippen LogP contribution is -2.45. The van der Waals surface area contributed by atoms with Gasteiger partial charge in [0.05, 0.1) is 6.42 Å². The number of fused-ring (bicyclic) bond motifs is 1. The maximum Gasteiger partial charge on any atom is 0.326 e. The lowest BCUT2D eigenvalue weighted by Gasteiger charge is -2.25. The number of hydrogen-bond acceptors (Lipinski definition) is 6. The zero-order valence-corrected chi connectivity index (χ0v) is 15.3. The summed E-state index contributed by atoms with van der Waals surface area (Å²) in [5.41, 5.74) is 1.04. The number of amides is 3. The molecule has 0 aliphatic carbocycles. The third-order valence-electron chi connectivity index (χ3n) is 4.06. The van der Waals surface area contributed by atoms with Crippen LogP contribution in [0.5, 0.6) is 0 Å². The van der Waals surface area contributed by atoms with Crippen molar-refractivity contribution in [3.05, 3.63) is 57.8 Å². The van der Waals surface area contributed by atoms with Crippen molar-refractivity contribution in [3.8, 4) is 0 Å². The molecular weight excluding hydrogens is 368 g/mol. The Morgan fingerprint density at radius 2 is 1.96 bits per heavy atom. The summed E-state index contributed by atoms with van der Waals surface area (Å²) >= 11 is 1.60. The zero-order valence-electron chi connectivity index (χ0n) is 14.5. The molecule has 0 radical (unpaired) electrons. The third-order valence-corrected chi connectivity index (χ3v) is 5.00. The van der Waals surface area contributed by atoms with Crippen LogP contribution in [-0.2, 0) is 32.0 Å². The van der Waals surface area contributed by atoms with Gasteiger partial charge in [0, 0.05) is 17.0 Å². The van der Waals surface area contributed by atoms with E-state index in [-0.39, 0.29) is 6.42 Å². The summed E-state index contributed by atoms with van der Waals surface area (Å²) in [5.74, 6) is -2.22. The molecule has 0 spiro atoms. The minimum atomic E-state index is -0.801. The Labute approximate surface area is 159 Å². The summed E-state index contributed by atoms with van der Waals surface area (Å²) in [6.45, 7) is -0.513. The van der Waals surface area contributed by atoms with E-state index in [0.29, 0.717) is 24.1 Å². The van der Waals surface area contributed by atoms with Crippen molar-refractivity contribution < 1.29 is 23.9 Å². The number of nitrogens with zero attached hydrogens (tertiary/aromatic N) is 1. The molecule has 1 aromatic heterocycles. The minimum absolute atomic E-state index is 0.0540. The number of nitrogens with one attached hydrogen (secondary N) is 1. The SMILES string of the molecule is O=C(COC(=O)CN1C(=O)Cc2ccccc2C1=O)NCCc1cccs1. The number of carbonyl (C=O) groups excluding carboxylic acids is 4. The molecule has 1 N–H and O–H groups in total. The molecule has 1 aliphatic rings. The van der Waals surface area contributed by atoms with E-state index in [1.807, 2.05) is 17.5 Å². The molecule has 0 unspecified atom stereocenters. The summed E-state index contributed by atoms with van der Waals surface area (Å²) in [6.07, 6.45) is 0.756. The number of hydrogen-bond donors (Lipinski definition) is 1. The number of rotatable bonds is 7. The van der Waals surface area contributed by atoms with Crippen molar-refractivity contribution in [1.82, 2.24) is 10.2 Å². The van der Waals surface area contributed by atoms with Crippen LogP contribution in [0, 0.1) is 0 Å². The van der Waals surface area contributed by atoms with E-state index in [1.165, 1.54) is 0 Å². The highest BCUT2D eigenvalue weighted by atomic mass is 32.1. The number of thiophene rings is 1. The Hall–Kier alpha value is -3.00. The van der Waals surface area contributed by atoms with Crippen molar-refractivity contribution in [3.63, 3.8) is 0 Å². The van der Waals surface area contributed by atoms with E-state index in [0.717, 1.165) is 9.78 Å². The monoisotopic (exact) mass is 386 g/mol. The second kappa shape index (κ2) is 8.59. The highest BCUT2D eigenvalue weighted by Crippen LogP contribution is 2.19. The quantitative estimate of drug-likeness (QED) is 0.570. The van der Waals surface area contributed by atoms with Gasteiger partial charge in [0.1, 0.15) is 6.54 Å². The van der Waals surface area contributed by atoms with Crippen LogP contribution in [0.2, 0.25) is 0 Å². The van der Waals surface area contributed by atoms with Crippen LogP contribution >= 0.6 is 11.3 Å². The van der Waals surface area contributed by atoms with Crippen LogP contribution in [0.4, 0.5) is 0 Å². The highest BCUT2D eigenvalue weighted by molar-refractivity contribution is 7.09. The van der Waals surface area contributed by atoms with Crippen molar-refractivity contribution in [2.24, 2.45) is 0 Å². The van der Waals surface area contributed by atoms with Crippen LogP contribution in [0.3, 0.4) is 0 Å². The maximum atomic E-state index is 12.4. The average molecular weight is 386 g/mol. The van der Waals surface area contributed by atoms with E-state index in [2.05, 4.69) is 5.32 Å². The van der Waals surface area contributed by atoms with Gasteiger partial charge in [-0.3, -0.25) is 24.1 Å². The minimum Gasteiger partial charge on any atom is -0.454 e. The average Bonchev–Trinajstić information content (AvgIpc) is 3.17. The molecular formula is C19H18N2O5S. The van der Waals surface area contributed by atoms with Gasteiger partial charge in [-0.05, 0) is 29.5 Å². The van der Waals surface area contributed by atoms with Crippen LogP contribution in [0.25, 0.3) is 0 Å². The van der Waals surface area contributed by atoms with Crippen LogP contribution in [0.1, 0.15) is 20.8 Å². The van der Waals surface area contributed by atoms with Gasteiger partial charge in [0.25, 0.3) is 11.8 Å². The lowest BCUT2D eigenvalue weighted by molar-refractivity contribution is -0.151. The molecule has 0 saturated heterocycles. The van der Waals surface area contributed by atoms with Gasteiger partial charge in [-0.15, -0.1) is 11.3 Å². The predicted molar refractivity (Wildman–Crippen MR) is 98.2 cm³/mol. The lowest BCUT2D eigenvalue weighted by atomic mass is 9.98. The van der Waals surface area contributed by atoms with E-state index in [9.17, 15) is 19.2 Å². The van der Waals surface area contributed by atoms with E-state index in [1.54, 1.807) is 35.6 Å². The predicted octanol–water partition coefficient (Wildman–Crippen LogP) is 1.18. The Morgan fingerprint density at radius 1 is 1.15 bits per heavy atom. The fraction of sp³-hybridized carbons (Fsp3) is 0.263. The zero-order chi connectivity index (χ0) is 19.2. The van der Waals surface area contributed by atoms with E-state index >= 15 is 0 Å². The largest absolute Gasteiger partial charge is 0.454 e. The molecule has 0 fully saturated rings. The number of esters is 1. The standard InChI is InChI=1S/C19H18N2O5S/c22-16(20-8-7-14-5-3-9-27-14)12-26-18(24)11-21-17(23)10-13-4-1-2-6-15(13)19(21)25/h1-6,9H,7-8,10-12H2,(H,20,22). The first-order valence-corrected chi connectivity index (χ1v) is 9.30. The van der Waals surface area contributed by atoms with Crippen LogP contribution in [0.15, 0.2) is 41.8 Å². The summed E-state index contributed by atoms with van der Waals surface area (Å²) in [5, 5.41) is 4.61. The molecule has 27 heavy (non-hydrogen) atoms. The molecule has 0 bridgehead atoms. The summed E-state index contributed by atoms with van der Waals surface area (Å²) in [4.78, 5) is 50.2. The molecule has 2 aromatic rings. The van der Waals surface area contributed by atoms with Gasteiger partial charge in [-0.2, -0.15) is 0 Å². The summed E-state index contributed by atoms with van der Waals surface area (Å²) < 4.78 is 4.88.